The lowest BCUT2D eigenvalue weighted by Crippen LogP contribution is -2.45. The first-order valence-electron chi connectivity index (χ1n) is 9.12. The first-order valence-corrected chi connectivity index (χ1v) is 9.12. The van der Waals surface area contributed by atoms with E-state index < -0.39 is 29.6 Å². The van der Waals surface area contributed by atoms with Gasteiger partial charge in [-0.15, -0.1) is 0 Å². The zero-order chi connectivity index (χ0) is 21.7. The van der Waals surface area contributed by atoms with Gasteiger partial charge in [-0.25, -0.2) is 4.79 Å². The van der Waals surface area contributed by atoms with Crippen molar-refractivity contribution in [3.63, 3.8) is 0 Å². The van der Waals surface area contributed by atoms with Crippen molar-refractivity contribution < 1.29 is 27.8 Å². The Kier molecular flexibility index (Phi) is 7.26. The Bertz CT molecular complexity index is 805. The zero-order valence-corrected chi connectivity index (χ0v) is 16.5. The maximum Gasteiger partial charge on any atom is 0.418 e. The Labute approximate surface area is 167 Å². The van der Waals surface area contributed by atoms with E-state index in [-0.39, 0.29) is 18.2 Å². The number of benzene rings is 2. The molecule has 29 heavy (non-hydrogen) atoms. The van der Waals surface area contributed by atoms with Gasteiger partial charge in [0.15, 0.2) is 5.79 Å². The molecule has 158 valence electrons. The monoisotopic (exact) mass is 410 g/mol. The average molecular weight is 410 g/mol. The number of halogens is 3. The fourth-order valence-corrected chi connectivity index (χ4v) is 2.76. The smallest absolute Gasteiger partial charge is 0.366 e. The molecule has 0 aromatic heterocycles. The standard InChI is InChI=1S/C21H25F3N2O3/c1-14(15-9-5-4-6-10-15)18(13-29-20(2,3)28)26-19(27)25-17-12-8-7-11-16(17)21(22,23)24/h4-12,14,18,28H,13H2,1-3H3,(H2,25,26,27). The largest absolute Gasteiger partial charge is 0.418 e. The van der Waals surface area contributed by atoms with Crippen LogP contribution < -0.4 is 10.6 Å². The van der Waals surface area contributed by atoms with Crippen molar-refractivity contribution >= 4 is 11.7 Å². The summed E-state index contributed by atoms with van der Waals surface area (Å²) in [6.07, 6.45) is -4.59. The molecule has 0 fully saturated rings. The SMILES string of the molecule is CC(c1ccccc1)C(COC(C)(C)O)NC(=O)Nc1ccccc1C(F)(F)F. The van der Waals surface area contributed by atoms with Gasteiger partial charge in [0.25, 0.3) is 0 Å². The Morgan fingerprint density at radius 1 is 1.07 bits per heavy atom. The second kappa shape index (κ2) is 9.28. The van der Waals surface area contributed by atoms with Gasteiger partial charge < -0.3 is 20.5 Å². The van der Waals surface area contributed by atoms with Crippen LogP contribution in [0.2, 0.25) is 0 Å². The summed E-state index contributed by atoms with van der Waals surface area (Å²) < 4.78 is 44.8. The molecule has 0 aliphatic carbocycles. The number of alkyl halides is 3. The predicted octanol–water partition coefficient (Wildman–Crippen LogP) is 4.74. The number of hydrogen-bond acceptors (Lipinski definition) is 3. The van der Waals surface area contributed by atoms with Gasteiger partial charge in [0.05, 0.1) is 23.9 Å². The van der Waals surface area contributed by atoms with Crippen LogP contribution in [0.1, 0.15) is 37.8 Å². The van der Waals surface area contributed by atoms with Crippen LogP contribution in [0.25, 0.3) is 0 Å². The summed E-state index contributed by atoms with van der Waals surface area (Å²) in [4.78, 5) is 12.5. The van der Waals surface area contributed by atoms with Crippen molar-refractivity contribution in [1.82, 2.24) is 5.32 Å². The Morgan fingerprint density at radius 2 is 1.66 bits per heavy atom. The molecule has 0 aliphatic rings. The highest BCUT2D eigenvalue weighted by atomic mass is 19.4. The van der Waals surface area contributed by atoms with Crippen molar-refractivity contribution in [3.05, 3.63) is 65.7 Å². The summed E-state index contributed by atoms with van der Waals surface area (Å²) in [6, 6.07) is 12.7. The van der Waals surface area contributed by atoms with Crippen molar-refractivity contribution in [1.29, 1.82) is 0 Å². The van der Waals surface area contributed by atoms with Gasteiger partial charge in [-0.2, -0.15) is 13.2 Å². The van der Waals surface area contributed by atoms with Crippen molar-refractivity contribution in [2.75, 3.05) is 11.9 Å². The van der Waals surface area contributed by atoms with Gasteiger partial charge in [0, 0.05) is 5.92 Å². The van der Waals surface area contributed by atoms with Crippen molar-refractivity contribution in [2.45, 2.75) is 44.7 Å². The first kappa shape index (κ1) is 22.7. The summed E-state index contributed by atoms with van der Waals surface area (Å²) in [5, 5.41) is 14.8. The van der Waals surface area contributed by atoms with Crippen LogP contribution in [0.3, 0.4) is 0 Å². The number of aliphatic hydroxyl groups is 1. The Hall–Kier alpha value is -2.58. The van der Waals surface area contributed by atoms with Gasteiger partial charge in [-0.3, -0.25) is 0 Å². The summed E-state index contributed by atoms with van der Waals surface area (Å²) in [7, 11) is 0. The Morgan fingerprint density at radius 3 is 2.24 bits per heavy atom. The molecule has 2 amide bonds. The molecule has 2 aromatic carbocycles. The second-order valence-electron chi connectivity index (χ2n) is 7.21. The van der Waals surface area contributed by atoms with Crippen LogP contribution in [-0.2, 0) is 10.9 Å². The molecule has 0 saturated carbocycles. The Balaban J connectivity index is 2.17. The topological polar surface area (TPSA) is 70.6 Å². The average Bonchev–Trinajstić information content (AvgIpc) is 2.64. The number of ether oxygens (including phenoxy) is 1. The van der Waals surface area contributed by atoms with E-state index in [1.807, 2.05) is 37.3 Å². The lowest BCUT2D eigenvalue weighted by Gasteiger charge is -2.29. The molecule has 0 radical (unpaired) electrons. The predicted molar refractivity (Wildman–Crippen MR) is 104 cm³/mol. The van der Waals surface area contributed by atoms with Crippen LogP contribution in [0.4, 0.5) is 23.7 Å². The molecule has 0 saturated heterocycles. The second-order valence-corrected chi connectivity index (χ2v) is 7.21. The van der Waals surface area contributed by atoms with Crippen LogP contribution in [0.5, 0.6) is 0 Å². The van der Waals surface area contributed by atoms with Crippen LogP contribution in [0.15, 0.2) is 54.6 Å². The highest BCUT2D eigenvalue weighted by molar-refractivity contribution is 5.90. The molecule has 0 bridgehead atoms. The van der Waals surface area contributed by atoms with Gasteiger partial charge >= 0.3 is 12.2 Å². The maximum atomic E-state index is 13.1. The summed E-state index contributed by atoms with van der Waals surface area (Å²) in [6.45, 7) is 4.74. The number of nitrogens with one attached hydrogen (secondary N) is 2. The molecule has 2 unspecified atom stereocenters. The molecule has 0 spiro atoms. The van der Waals surface area contributed by atoms with E-state index in [9.17, 15) is 23.1 Å². The van der Waals surface area contributed by atoms with Gasteiger partial charge in [-0.1, -0.05) is 49.4 Å². The highest BCUT2D eigenvalue weighted by Gasteiger charge is 2.34. The third-order valence-electron chi connectivity index (χ3n) is 4.34. The van der Waals surface area contributed by atoms with E-state index in [4.69, 9.17) is 4.74 Å². The number of carbonyl (C=O) groups is 1. The first-order chi connectivity index (χ1) is 13.5. The van der Waals surface area contributed by atoms with E-state index >= 15 is 0 Å². The molecule has 0 heterocycles. The molecular formula is C21H25F3N2O3. The van der Waals surface area contributed by atoms with Crippen molar-refractivity contribution in [2.24, 2.45) is 0 Å². The number of carbonyl (C=O) groups excluding carboxylic acids is 1. The minimum atomic E-state index is -4.59. The van der Waals surface area contributed by atoms with E-state index in [0.717, 1.165) is 11.6 Å². The summed E-state index contributed by atoms with van der Waals surface area (Å²) >= 11 is 0. The minimum absolute atomic E-state index is 0.0338. The fourth-order valence-electron chi connectivity index (χ4n) is 2.76. The molecule has 2 atom stereocenters. The van der Waals surface area contributed by atoms with Crippen LogP contribution >= 0.6 is 0 Å². The fraction of sp³-hybridized carbons (Fsp3) is 0.381. The lowest BCUT2D eigenvalue weighted by molar-refractivity contribution is -0.180. The van der Waals surface area contributed by atoms with Gasteiger partial charge in [0.1, 0.15) is 0 Å². The highest BCUT2D eigenvalue weighted by Crippen LogP contribution is 2.34. The van der Waals surface area contributed by atoms with E-state index in [2.05, 4.69) is 10.6 Å². The third kappa shape index (κ3) is 7.07. The number of urea groups is 1. The third-order valence-corrected chi connectivity index (χ3v) is 4.34. The van der Waals surface area contributed by atoms with E-state index in [1.165, 1.54) is 32.0 Å². The number of amides is 2. The normalized spacial score (nSPS) is 14.2. The number of rotatable bonds is 7. The van der Waals surface area contributed by atoms with Crippen molar-refractivity contribution in [3.8, 4) is 0 Å². The van der Waals surface area contributed by atoms with E-state index in [1.54, 1.807) is 0 Å². The van der Waals surface area contributed by atoms with Crippen LogP contribution in [-0.4, -0.2) is 29.6 Å². The zero-order valence-electron chi connectivity index (χ0n) is 16.5. The lowest BCUT2D eigenvalue weighted by atomic mass is 9.94. The molecule has 2 aromatic rings. The molecule has 8 heteroatoms. The quantitative estimate of drug-likeness (QED) is 0.577. The summed E-state index contributed by atoms with van der Waals surface area (Å²) in [5.41, 5.74) is -0.365. The minimum Gasteiger partial charge on any atom is -0.366 e. The number of para-hydroxylation sites is 1. The maximum absolute atomic E-state index is 13.1. The summed E-state index contributed by atoms with van der Waals surface area (Å²) in [5.74, 6) is -1.64. The van der Waals surface area contributed by atoms with E-state index in [0.29, 0.717) is 0 Å². The molecule has 2 rings (SSSR count). The van der Waals surface area contributed by atoms with Gasteiger partial charge in [-0.05, 0) is 31.5 Å². The molecular weight excluding hydrogens is 385 g/mol. The molecule has 5 nitrogen and oxygen atoms in total. The number of hydrogen-bond donors (Lipinski definition) is 3. The molecule has 0 aliphatic heterocycles. The number of anilines is 1. The molecule has 3 N–H and O–H groups in total. The van der Waals surface area contributed by atoms with Gasteiger partial charge in [0.2, 0.25) is 0 Å². The van der Waals surface area contributed by atoms with Crippen LogP contribution in [0, 0.1) is 0 Å².